The second-order valence-corrected chi connectivity index (χ2v) is 11.2. The summed E-state index contributed by atoms with van der Waals surface area (Å²) in [4.78, 5) is 33.1. The number of thiazole rings is 1. The molecule has 5 rings (SSSR count). The second kappa shape index (κ2) is 13.3. The molecule has 1 aliphatic rings. The SMILES string of the molecule is C=CCOc1c(Br)cc(/C=c2\sc3n(c2=O)[C@@H](c2ccc(OC)cc2)C(C(=O)OCC)=C(c2ccccc2)N=3)cc1OC. The van der Waals surface area contributed by atoms with Crippen LogP contribution in [0.5, 0.6) is 17.2 Å². The maximum absolute atomic E-state index is 14.1. The highest BCUT2D eigenvalue weighted by molar-refractivity contribution is 9.10. The van der Waals surface area contributed by atoms with Gasteiger partial charge < -0.3 is 18.9 Å². The summed E-state index contributed by atoms with van der Waals surface area (Å²) in [5, 5.41) is 0. The maximum Gasteiger partial charge on any atom is 0.338 e. The van der Waals surface area contributed by atoms with E-state index in [9.17, 15) is 9.59 Å². The molecule has 0 spiro atoms. The summed E-state index contributed by atoms with van der Waals surface area (Å²) in [6.07, 6.45) is 3.42. The molecule has 0 saturated heterocycles. The molecule has 8 nitrogen and oxygen atoms in total. The lowest BCUT2D eigenvalue weighted by Gasteiger charge is -2.26. The van der Waals surface area contributed by atoms with Gasteiger partial charge in [0, 0.05) is 5.56 Å². The van der Waals surface area contributed by atoms with Crippen LogP contribution in [0.2, 0.25) is 0 Å². The number of carbonyl (C=O) groups excluding carboxylic acids is 1. The Morgan fingerprint density at radius 1 is 1.09 bits per heavy atom. The van der Waals surface area contributed by atoms with Gasteiger partial charge in [0.1, 0.15) is 12.4 Å². The summed E-state index contributed by atoms with van der Waals surface area (Å²) in [7, 11) is 3.14. The number of rotatable bonds is 10. The van der Waals surface area contributed by atoms with E-state index in [0.29, 0.717) is 54.5 Å². The molecule has 0 unspecified atom stereocenters. The largest absolute Gasteiger partial charge is 0.497 e. The van der Waals surface area contributed by atoms with E-state index in [1.165, 1.54) is 11.3 Å². The topological polar surface area (TPSA) is 88.4 Å². The first kappa shape index (κ1) is 30.1. The first-order valence-electron chi connectivity index (χ1n) is 13.4. The average Bonchev–Trinajstić information content (AvgIpc) is 3.34. The maximum atomic E-state index is 14.1. The van der Waals surface area contributed by atoms with Crippen molar-refractivity contribution in [1.82, 2.24) is 4.57 Å². The van der Waals surface area contributed by atoms with Crippen molar-refractivity contribution in [2.45, 2.75) is 13.0 Å². The van der Waals surface area contributed by atoms with E-state index in [1.807, 2.05) is 48.5 Å². The van der Waals surface area contributed by atoms with Crippen LogP contribution in [0.3, 0.4) is 0 Å². The molecule has 43 heavy (non-hydrogen) atoms. The third-order valence-electron chi connectivity index (χ3n) is 6.70. The van der Waals surface area contributed by atoms with Crippen LogP contribution >= 0.6 is 27.3 Å². The number of benzene rings is 3. The number of carbonyl (C=O) groups is 1. The van der Waals surface area contributed by atoms with Crippen molar-refractivity contribution in [3.8, 4) is 17.2 Å². The highest BCUT2D eigenvalue weighted by atomic mass is 79.9. The Labute approximate surface area is 261 Å². The average molecular weight is 662 g/mol. The van der Waals surface area contributed by atoms with Crippen LogP contribution in [0.1, 0.15) is 29.7 Å². The van der Waals surface area contributed by atoms with Crippen molar-refractivity contribution in [1.29, 1.82) is 0 Å². The number of ether oxygens (including phenoxy) is 4. The summed E-state index contributed by atoms with van der Waals surface area (Å²) in [5.41, 5.74) is 2.62. The molecule has 0 amide bonds. The van der Waals surface area contributed by atoms with Crippen LogP contribution < -0.4 is 29.1 Å². The normalized spacial score (nSPS) is 14.5. The van der Waals surface area contributed by atoms with Crippen LogP contribution in [-0.4, -0.2) is 38.0 Å². The van der Waals surface area contributed by atoms with E-state index in [4.69, 9.17) is 23.9 Å². The van der Waals surface area contributed by atoms with Crippen LogP contribution in [-0.2, 0) is 9.53 Å². The molecular formula is C33H29BrN2O6S. The lowest BCUT2D eigenvalue weighted by molar-refractivity contribution is -0.138. The van der Waals surface area contributed by atoms with Gasteiger partial charge in [-0.2, -0.15) is 0 Å². The molecule has 0 aliphatic carbocycles. The number of halogens is 1. The summed E-state index contributed by atoms with van der Waals surface area (Å²) >= 11 is 4.80. The fourth-order valence-electron chi connectivity index (χ4n) is 4.80. The number of fused-ring (bicyclic) bond motifs is 1. The van der Waals surface area contributed by atoms with Gasteiger partial charge >= 0.3 is 5.97 Å². The van der Waals surface area contributed by atoms with E-state index in [1.54, 1.807) is 56.1 Å². The molecule has 1 atom stereocenters. The van der Waals surface area contributed by atoms with Crippen molar-refractivity contribution >= 4 is 45.0 Å². The Hall–Kier alpha value is -4.41. The Bertz CT molecular complexity index is 1880. The molecule has 1 aliphatic heterocycles. The third-order valence-corrected chi connectivity index (χ3v) is 8.27. The third kappa shape index (κ3) is 6.07. The van der Waals surface area contributed by atoms with E-state index >= 15 is 0 Å². The molecule has 10 heteroatoms. The molecule has 0 fully saturated rings. The molecule has 0 radical (unpaired) electrons. The minimum absolute atomic E-state index is 0.174. The number of hydrogen-bond acceptors (Lipinski definition) is 8. The summed E-state index contributed by atoms with van der Waals surface area (Å²) < 4.78 is 24.9. The zero-order valence-electron chi connectivity index (χ0n) is 23.8. The van der Waals surface area contributed by atoms with Gasteiger partial charge in [-0.15, -0.1) is 0 Å². The fourth-order valence-corrected chi connectivity index (χ4v) is 6.37. The molecule has 1 aromatic heterocycles. The van der Waals surface area contributed by atoms with Crippen molar-refractivity contribution in [3.05, 3.63) is 126 Å². The summed E-state index contributed by atoms with van der Waals surface area (Å²) in [6.45, 7) is 5.93. The number of esters is 1. The van der Waals surface area contributed by atoms with E-state index in [2.05, 4.69) is 22.5 Å². The predicted octanol–water partition coefficient (Wildman–Crippen LogP) is 5.28. The summed E-state index contributed by atoms with van der Waals surface area (Å²) in [5.74, 6) is 1.15. The molecule has 0 N–H and O–H groups in total. The zero-order chi connectivity index (χ0) is 30.5. The molecule has 0 saturated carbocycles. The summed E-state index contributed by atoms with van der Waals surface area (Å²) in [6, 6.07) is 19.6. The highest BCUT2D eigenvalue weighted by Crippen LogP contribution is 2.38. The number of aromatic nitrogens is 1. The van der Waals surface area contributed by atoms with Crippen LogP contribution in [0.25, 0.3) is 11.8 Å². The molecule has 0 bridgehead atoms. The van der Waals surface area contributed by atoms with Crippen LogP contribution in [0, 0.1) is 0 Å². The minimum Gasteiger partial charge on any atom is -0.497 e. The molecular weight excluding hydrogens is 632 g/mol. The van der Waals surface area contributed by atoms with Gasteiger partial charge in [0.05, 0.1) is 47.1 Å². The first-order chi connectivity index (χ1) is 20.9. The highest BCUT2D eigenvalue weighted by Gasteiger charge is 2.35. The van der Waals surface area contributed by atoms with Crippen molar-refractivity contribution < 1.29 is 23.7 Å². The monoisotopic (exact) mass is 660 g/mol. The van der Waals surface area contributed by atoms with Gasteiger partial charge in [-0.25, -0.2) is 9.79 Å². The van der Waals surface area contributed by atoms with Crippen molar-refractivity contribution in [3.63, 3.8) is 0 Å². The van der Waals surface area contributed by atoms with E-state index in [0.717, 1.165) is 5.56 Å². The predicted molar refractivity (Wildman–Crippen MR) is 170 cm³/mol. The van der Waals surface area contributed by atoms with Gasteiger partial charge in [0.2, 0.25) is 0 Å². The molecule has 3 aromatic carbocycles. The second-order valence-electron chi connectivity index (χ2n) is 9.34. The van der Waals surface area contributed by atoms with Crippen LogP contribution in [0.4, 0.5) is 0 Å². The quantitative estimate of drug-likeness (QED) is 0.170. The van der Waals surface area contributed by atoms with Gasteiger partial charge in [0.15, 0.2) is 16.3 Å². The Morgan fingerprint density at radius 3 is 2.49 bits per heavy atom. The van der Waals surface area contributed by atoms with Crippen molar-refractivity contribution in [2.24, 2.45) is 4.99 Å². The fraction of sp³-hybridized carbons (Fsp3) is 0.182. The minimum atomic E-state index is -0.783. The van der Waals surface area contributed by atoms with E-state index in [-0.39, 0.29) is 17.7 Å². The van der Waals surface area contributed by atoms with Crippen LogP contribution in [0.15, 0.2) is 99.2 Å². The smallest absolute Gasteiger partial charge is 0.338 e. The van der Waals surface area contributed by atoms with E-state index < -0.39 is 12.0 Å². The lowest BCUT2D eigenvalue weighted by atomic mass is 9.93. The standard InChI is InChI=1S/C33H29BrN2O6S/c1-5-16-42-30-24(34)17-20(18-25(30)40-4)19-26-31(37)36-29(22-12-14-23(39-3)15-13-22)27(32(38)41-6-2)28(35-33(36)43-26)21-10-8-7-9-11-21/h5,7-15,17-19,29H,1,6,16H2,2-4H3/b26-19-/t29-/m0/s1. The Balaban J connectivity index is 1.76. The number of methoxy groups -OCH3 is 2. The van der Waals surface area contributed by atoms with Gasteiger partial charge in [-0.05, 0) is 64.3 Å². The lowest BCUT2D eigenvalue weighted by Crippen LogP contribution is -2.40. The number of hydrogen-bond donors (Lipinski definition) is 0. The molecule has 220 valence electrons. The number of nitrogens with zero attached hydrogens (tertiary/aromatic N) is 2. The van der Waals surface area contributed by atoms with Gasteiger partial charge in [-0.3, -0.25) is 9.36 Å². The van der Waals surface area contributed by atoms with Gasteiger partial charge in [0.25, 0.3) is 5.56 Å². The molecule has 4 aromatic rings. The van der Waals surface area contributed by atoms with Gasteiger partial charge in [-0.1, -0.05) is 66.5 Å². The first-order valence-corrected chi connectivity index (χ1v) is 15.0. The Kier molecular flexibility index (Phi) is 9.27. The Morgan fingerprint density at radius 2 is 1.84 bits per heavy atom. The van der Waals surface area contributed by atoms with Crippen molar-refractivity contribution in [2.75, 3.05) is 27.4 Å². The molecule has 2 heterocycles. The zero-order valence-corrected chi connectivity index (χ0v) is 26.2.